The molecule has 0 unspecified atom stereocenters. The summed E-state index contributed by atoms with van der Waals surface area (Å²) in [6, 6.07) is 8.34. The Labute approximate surface area is 135 Å². The summed E-state index contributed by atoms with van der Waals surface area (Å²) in [7, 11) is 0. The van der Waals surface area contributed by atoms with Gasteiger partial charge in [0.15, 0.2) is 11.3 Å². The van der Waals surface area contributed by atoms with E-state index in [4.69, 9.17) is 0 Å². The molecule has 7 heteroatoms. The standard InChI is InChI=1S/C16H13FN2O3S/c1-16(13-7-4-8-23-13)14(21)19(15(22)18-16)9-12(20)10-5-2-3-6-11(10)17/h2-8H,9H2,1H3,(H,18,22)/t16-/m1/s1. The number of nitrogens with zero attached hydrogens (tertiary/aromatic N) is 1. The lowest BCUT2D eigenvalue weighted by molar-refractivity contribution is -0.130. The van der Waals surface area contributed by atoms with Crippen molar-refractivity contribution in [2.75, 3.05) is 6.54 Å². The molecule has 23 heavy (non-hydrogen) atoms. The zero-order valence-corrected chi connectivity index (χ0v) is 13.0. The number of Topliss-reactive ketones (excluding diaryl/α,β-unsaturated/α-hetero) is 1. The number of urea groups is 1. The van der Waals surface area contributed by atoms with Crippen LogP contribution in [0.3, 0.4) is 0 Å². The van der Waals surface area contributed by atoms with Crippen molar-refractivity contribution in [3.05, 3.63) is 58.0 Å². The highest BCUT2D eigenvalue weighted by atomic mass is 32.1. The van der Waals surface area contributed by atoms with Gasteiger partial charge in [0.05, 0.1) is 12.1 Å². The number of carbonyl (C=O) groups excluding carboxylic acids is 3. The Morgan fingerprint density at radius 3 is 2.65 bits per heavy atom. The summed E-state index contributed by atoms with van der Waals surface area (Å²) >= 11 is 1.34. The Morgan fingerprint density at radius 2 is 2.00 bits per heavy atom. The van der Waals surface area contributed by atoms with Crippen molar-refractivity contribution in [1.29, 1.82) is 0 Å². The minimum absolute atomic E-state index is 0.141. The van der Waals surface area contributed by atoms with E-state index in [9.17, 15) is 18.8 Å². The van der Waals surface area contributed by atoms with Crippen LogP contribution in [0, 0.1) is 5.82 Å². The maximum atomic E-state index is 13.7. The van der Waals surface area contributed by atoms with Crippen molar-refractivity contribution >= 4 is 29.1 Å². The summed E-state index contributed by atoms with van der Waals surface area (Å²) < 4.78 is 13.7. The molecule has 1 aliphatic heterocycles. The molecule has 1 saturated heterocycles. The lowest BCUT2D eigenvalue weighted by atomic mass is 10.0. The molecular weight excluding hydrogens is 319 g/mol. The van der Waals surface area contributed by atoms with Crippen molar-refractivity contribution in [3.8, 4) is 0 Å². The highest BCUT2D eigenvalue weighted by Gasteiger charge is 2.50. The fourth-order valence-corrected chi connectivity index (χ4v) is 3.32. The van der Waals surface area contributed by atoms with E-state index in [1.807, 2.05) is 0 Å². The average molecular weight is 332 g/mol. The number of rotatable bonds is 4. The van der Waals surface area contributed by atoms with Crippen molar-refractivity contribution < 1.29 is 18.8 Å². The van der Waals surface area contributed by atoms with Gasteiger partial charge in [0.25, 0.3) is 5.91 Å². The number of amides is 3. The van der Waals surface area contributed by atoms with Crippen LogP contribution in [0.2, 0.25) is 0 Å². The zero-order valence-electron chi connectivity index (χ0n) is 12.2. The molecule has 2 heterocycles. The number of benzene rings is 1. The Hall–Kier alpha value is -2.54. The highest BCUT2D eigenvalue weighted by Crippen LogP contribution is 2.31. The first-order valence-electron chi connectivity index (χ1n) is 6.89. The Kier molecular flexibility index (Phi) is 3.73. The van der Waals surface area contributed by atoms with E-state index >= 15 is 0 Å². The summed E-state index contributed by atoms with van der Waals surface area (Å²) in [5.74, 6) is -1.82. The second-order valence-corrected chi connectivity index (χ2v) is 6.27. The molecule has 0 saturated carbocycles. The molecule has 0 radical (unpaired) electrons. The van der Waals surface area contributed by atoms with Gasteiger partial charge in [-0.05, 0) is 30.5 Å². The number of nitrogens with one attached hydrogen (secondary N) is 1. The monoisotopic (exact) mass is 332 g/mol. The van der Waals surface area contributed by atoms with E-state index in [0.29, 0.717) is 4.88 Å². The van der Waals surface area contributed by atoms with Crippen molar-refractivity contribution in [2.45, 2.75) is 12.5 Å². The van der Waals surface area contributed by atoms with Crippen LogP contribution < -0.4 is 5.32 Å². The maximum Gasteiger partial charge on any atom is 0.325 e. The summed E-state index contributed by atoms with van der Waals surface area (Å²) in [5, 5.41) is 4.40. The molecule has 118 valence electrons. The molecule has 1 fully saturated rings. The second kappa shape index (κ2) is 5.58. The topological polar surface area (TPSA) is 66.5 Å². The number of hydrogen-bond acceptors (Lipinski definition) is 4. The quantitative estimate of drug-likeness (QED) is 0.691. The molecule has 2 aromatic rings. The third-order valence-corrected chi connectivity index (χ3v) is 4.86. The first-order chi connectivity index (χ1) is 10.9. The number of ketones is 1. The smallest absolute Gasteiger partial charge is 0.319 e. The van der Waals surface area contributed by atoms with Gasteiger partial charge in [0, 0.05) is 4.88 Å². The minimum Gasteiger partial charge on any atom is -0.319 e. The Bertz CT molecular complexity index is 790. The number of halogens is 1. The summed E-state index contributed by atoms with van der Waals surface area (Å²) in [6.07, 6.45) is 0. The van der Waals surface area contributed by atoms with Crippen LogP contribution in [0.5, 0.6) is 0 Å². The number of carbonyl (C=O) groups is 3. The molecule has 0 aliphatic carbocycles. The molecule has 1 aromatic heterocycles. The number of thiophene rings is 1. The molecule has 3 amide bonds. The van der Waals surface area contributed by atoms with Crippen LogP contribution in [0.4, 0.5) is 9.18 Å². The zero-order chi connectivity index (χ0) is 16.6. The normalized spacial score (nSPS) is 20.7. The lowest BCUT2D eigenvalue weighted by Crippen LogP contribution is -2.40. The molecule has 5 nitrogen and oxygen atoms in total. The number of hydrogen-bond donors (Lipinski definition) is 1. The van der Waals surface area contributed by atoms with Gasteiger partial charge in [0.1, 0.15) is 5.82 Å². The van der Waals surface area contributed by atoms with Gasteiger partial charge in [-0.2, -0.15) is 0 Å². The molecule has 1 aliphatic rings. The minimum atomic E-state index is -1.19. The van der Waals surface area contributed by atoms with Crippen molar-refractivity contribution in [1.82, 2.24) is 10.2 Å². The Morgan fingerprint density at radius 1 is 1.26 bits per heavy atom. The summed E-state index contributed by atoms with van der Waals surface area (Å²) in [4.78, 5) is 38.4. The van der Waals surface area contributed by atoms with Gasteiger partial charge in [-0.15, -0.1) is 11.3 Å². The molecular formula is C16H13FN2O3S. The second-order valence-electron chi connectivity index (χ2n) is 5.33. The van der Waals surface area contributed by atoms with Crippen LogP contribution in [0.25, 0.3) is 0 Å². The van der Waals surface area contributed by atoms with Crippen LogP contribution in [0.1, 0.15) is 22.2 Å². The summed E-state index contributed by atoms with van der Waals surface area (Å²) in [5.41, 5.74) is -1.33. The van der Waals surface area contributed by atoms with Crippen LogP contribution >= 0.6 is 11.3 Å². The van der Waals surface area contributed by atoms with Gasteiger partial charge < -0.3 is 5.32 Å². The average Bonchev–Trinajstić information content (AvgIpc) is 3.12. The van der Waals surface area contributed by atoms with Crippen LogP contribution in [-0.2, 0) is 10.3 Å². The molecule has 1 aromatic carbocycles. The van der Waals surface area contributed by atoms with E-state index in [0.717, 1.165) is 11.0 Å². The lowest BCUT2D eigenvalue weighted by Gasteiger charge is -2.19. The van der Waals surface area contributed by atoms with Gasteiger partial charge in [-0.25, -0.2) is 9.18 Å². The molecule has 0 spiro atoms. The van der Waals surface area contributed by atoms with Gasteiger partial charge in [-0.3, -0.25) is 14.5 Å². The fraction of sp³-hybridized carbons (Fsp3) is 0.188. The predicted octanol–water partition coefficient (Wildman–Crippen LogP) is 2.54. The van der Waals surface area contributed by atoms with E-state index in [2.05, 4.69) is 5.32 Å². The van der Waals surface area contributed by atoms with Crippen molar-refractivity contribution in [2.24, 2.45) is 0 Å². The first kappa shape index (κ1) is 15.4. The molecule has 1 N–H and O–H groups in total. The van der Waals surface area contributed by atoms with Gasteiger partial charge >= 0.3 is 6.03 Å². The maximum absolute atomic E-state index is 13.7. The first-order valence-corrected chi connectivity index (χ1v) is 7.77. The largest absolute Gasteiger partial charge is 0.325 e. The van der Waals surface area contributed by atoms with E-state index < -0.39 is 35.6 Å². The molecule has 3 rings (SSSR count). The highest BCUT2D eigenvalue weighted by molar-refractivity contribution is 7.10. The molecule has 0 bridgehead atoms. The predicted molar refractivity (Wildman–Crippen MR) is 82.6 cm³/mol. The van der Waals surface area contributed by atoms with E-state index in [-0.39, 0.29) is 5.56 Å². The third kappa shape index (κ3) is 2.53. The SMILES string of the molecule is C[C@]1(c2cccs2)NC(=O)N(CC(=O)c2ccccc2F)C1=O. The molecule has 1 atom stereocenters. The third-order valence-electron chi connectivity index (χ3n) is 3.76. The Balaban J connectivity index is 1.84. The van der Waals surface area contributed by atoms with E-state index in [1.54, 1.807) is 24.4 Å². The summed E-state index contributed by atoms with van der Waals surface area (Å²) in [6.45, 7) is 1.10. The van der Waals surface area contributed by atoms with Crippen LogP contribution in [-0.4, -0.2) is 29.2 Å². The van der Waals surface area contributed by atoms with E-state index in [1.165, 1.54) is 29.5 Å². The van der Waals surface area contributed by atoms with Crippen LogP contribution in [0.15, 0.2) is 41.8 Å². The van der Waals surface area contributed by atoms with Gasteiger partial charge in [-0.1, -0.05) is 18.2 Å². The van der Waals surface area contributed by atoms with Crippen molar-refractivity contribution in [3.63, 3.8) is 0 Å². The fourth-order valence-electron chi connectivity index (χ4n) is 2.49. The number of imide groups is 1. The van der Waals surface area contributed by atoms with Gasteiger partial charge in [0.2, 0.25) is 0 Å².